The molecule has 22 heteroatoms. The molecule has 0 aromatic rings. The molecule has 6 saturated heterocycles. The van der Waals surface area contributed by atoms with Gasteiger partial charge in [0.25, 0.3) is 0 Å². The van der Waals surface area contributed by atoms with Crippen LogP contribution in [0.3, 0.4) is 0 Å². The molecule has 73 heavy (non-hydrogen) atoms. The molecule has 0 aromatic carbocycles. The van der Waals surface area contributed by atoms with E-state index in [1.54, 1.807) is 0 Å². The summed E-state index contributed by atoms with van der Waals surface area (Å²) in [5, 5.41) is 130. The fraction of sp³-hybridized carbons (Fsp3) is 0.961. The van der Waals surface area contributed by atoms with Gasteiger partial charge in [0.2, 0.25) is 0 Å². The molecule has 6 heterocycles. The minimum absolute atomic E-state index is 0.0166. The summed E-state index contributed by atoms with van der Waals surface area (Å²) in [5.74, 6) is 0.939. The largest absolute Gasteiger partial charge is 0.394 e. The van der Waals surface area contributed by atoms with Crippen LogP contribution in [0.2, 0.25) is 0 Å². The number of hydrogen-bond donors (Lipinski definition) is 12. The third kappa shape index (κ3) is 9.22. The molecule has 0 radical (unpaired) electrons. The molecule has 0 bridgehead atoms. The van der Waals surface area contributed by atoms with Gasteiger partial charge < -0.3 is 109 Å². The molecule has 22 nitrogen and oxygen atoms in total. The van der Waals surface area contributed by atoms with Crippen LogP contribution in [0.25, 0.3) is 0 Å². The second-order valence-electron chi connectivity index (χ2n) is 24.0. The second kappa shape index (κ2) is 20.8. The molecule has 10 rings (SSSR count). The number of allylic oxidation sites excluding steroid dienone is 1. The lowest BCUT2D eigenvalue weighted by Gasteiger charge is -2.59. The Morgan fingerprint density at radius 1 is 0.589 bits per heavy atom. The molecule has 12 N–H and O–H groups in total. The van der Waals surface area contributed by atoms with Gasteiger partial charge in [-0.15, -0.1) is 0 Å². The van der Waals surface area contributed by atoms with Gasteiger partial charge in [0.15, 0.2) is 30.9 Å². The predicted octanol–water partition coefficient (Wildman–Crippen LogP) is -1.96. The lowest BCUT2D eigenvalue weighted by Crippen LogP contribution is -2.67. The van der Waals surface area contributed by atoms with Gasteiger partial charge in [-0.2, -0.15) is 0 Å². The molecule has 0 aromatic heterocycles. The first kappa shape index (κ1) is 55.2. The molecule has 418 valence electrons. The van der Waals surface area contributed by atoms with Gasteiger partial charge in [-0.3, -0.25) is 0 Å². The van der Waals surface area contributed by atoms with Crippen molar-refractivity contribution >= 4 is 0 Å². The van der Waals surface area contributed by atoms with E-state index in [1.165, 1.54) is 19.4 Å². The van der Waals surface area contributed by atoms with E-state index in [4.69, 9.17) is 47.4 Å². The summed E-state index contributed by atoms with van der Waals surface area (Å²) < 4.78 is 62.1. The standard InChI is InChI=1S/C51H82O22/c1-19-13-31(54)51(64-18-19)20(2)32-28(73-51)15-27-25-8-7-23-14-24(9-11-49(23,5)26(25)10-12-50(27,32)6)67-48-44(72-45-39(61)36(58)33(55)21(3)65-45)43(35(57)30(17-53)69-48)71-46-41(63)38(60)42(22(4)66-46)70-47-40(62)37(59)34(56)29(16-52)68-47/h7,19-22,24-48,52-63H,8-18H2,1-6H3. The Balaban J connectivity index is 0.862. The Morgan fingerprint density at radius 2 is 1.19 bits per heavy atom. The topological polar surface area (TPSA) is 335 Å². The first-order chi connectivity index (χ1) is 34.6. The highest BCUT2D eigenvalue weighted by atomic mass is 16.8. The van der Waals surface area contributed by atoms with Crippen LogP contribution in [0.4, 0.5) is 0 Å². The van der Waals surface area contributed by atoms with Crippen LogP contribution in [-0.4, -0.2) is 228 Å². The van der Waals surface area contributed by atoms with Crippen molar-refractivity contribution in [2.75, 3.05) is 19.8 Å². The Morgan fingerprint density at radius 3 is 1.88 bits per heavy atom. The third-order valence-electron chi connectivity index (χ3n) is 19.8. The molecule has 9 fully saturated rings. The van der Waals surface area contributed by atoms with Crippen LogP contribution >= 0.6 is 0 Å². The molecule has 32 unspecified atom stereocenters. The zero-order valence-corrected chi connectivity index (χ0v) is 42.5. The van der Waals surface area contributed by atoms with Gasteiger partial charge in [-0.05, 0) is 106 Å². The van der Waals surface area contributed by atoms with E-state index in [1.807, 2.05) is 0 Å². The van der Waals surface area contributed by atoms with E-state index in [2.05, 4.69) is 33.8 Å². The van der Waals surface area contributed by atoms with Gasteiger partial charge in [-0.1, -0.05) is 39.3 Å². The number of ether oxygens (including phenoxy) is 10. The van der Waals surface area contributed by atoms with Crippen molar-refractivity contribution in [3.05, 3.63) is 11.6 Å². The Hall–Kier alpha value is -1.14. The minimum atomic E-state index is -1.93. The molecule has 4 aliphatic carbocycles. The first-order valence-corrected chi connectivity index (χ1v) is 26.8. The van der Waals surface area contributed by atoms with E-state index in [9.17, 15) is 61.3 Å². The highest BCUT2D eigenvalue weighted by Gasteiger charge is 2.70. The van der Waals surface area contributed by atoms with E-state index < -0.39 is 154 Å². The smallest absolute Gasteiger partial charge is 0.197 e. The average Bonchev–Trinajstić information content (AvgIpc) is 3.82. The van der Waals surface area contributed by atoms with Crippen molar-refractivity contribution < 1.29 is 109 Å². The van der Waals surface area contributed by atoms with Crippen LogP contribution in [0, 0.1) is 46.3 Å². The number of hydrogen-bond acceptors (Lipinski definition) is 22. The lowest BCUT2D eigenvalue weighted by atomic mass is 9.47. The Kier molecular flexibility index (Phi) is 15.7. The molecule has 32 atom stereocenters. The van der Waals surface area contributed by atoms with Gasteiger partial charge in [0, 0.05) is 5.92 Å². The van der Waals surface area contributed by atoms with Crippen LogP contribution in [0.15, 0.2) is 11.6 Å². The second-order valence-corrected chi connectivity index (χ2v) is 24.0. The van der Waals surface area contributed by atoms with Gasteiger partial charge in [-0.25, -0.2) is 0 Å². The third-order valence-corrected chi connectivity index (χ3v) is 19.8. The summed E-state index contributed by atoms with van der Waals surface area (Å²) in [5.41, 5.74) is 1.17. The Bertz CT molecular complexity index is 1950. The zero-order valence-electron chi connectivity index (χ0n) is 42.5. The van der Waals surface area contributed by atoms with Crippen molar-refractivity contribution in [1.29, 1.82) is 0 Å². The van der Waals surface area contributed by atoms with Crippen LogP contribution in [0.5, 0.6) is 0 Å². The van der Waals surface area contributed by atoms with Crippen LogP contribution in [0.1, 0.15) is 92.9 Å². The zero-order chi connectivity index (χ0) is 52.4. The summed E-state index contributed by atoms with van der Waals surface area (Å²) in [6.07, 6.45) is -24.0. The first-order valence-electron chi connectivity index (χ1n) is 26.8. The summed E-state index contributed by atoms with van der Waals surface area (Å²) in [4.78, 5) is 0. The van der Waals surface area contributed by atoms with Gasteiger partial charge in [0.1, 0.15) is 91.6 Å². The highest BCUT2D eigenvalue weighted by molar-refractivity contribution is 5.27. The van der Waals surface area contributed by atoms with Crippen LogP contribution in [-0.2, 0) is 47.4 Å². The molecular weight excluding hydrogens is 965 g/mol. The van der Waals surface area contributed by atoms with Crippen molar-refractivity contribution in [2.24, 2.45) is 46.3 Å². The van der Waals surface area contributed by atoms with E-state index in [-0.39, 0.29) is 34.7 Å². The predicted molar refractivity (Wildman–Crippen MR) is 247 cm³/mol. The van der Waals surface area contributed by atoms with E-state index in [0.717, 1.165) is 32.1 Å². The maximum atomic E-state index is 11.8. The minimum Gasteiger partial charge on any atom is -0.394 e. The molecule has 6 aliphatic heterocycles. The van der Waals surface area contributed by atoms with Gasteiger partial charge in [0.05, 0.1) is 44.2 Å². The number of fused-ring (bicyclic) bond motifs is 7. The van der Waals surface area contributed by atoms with E-state index in [0.29, 0.717) is 43.6 Å². The summed E-state index contributed by atoms with van der Waals surface area (Å²) in [6.45, 7) is 11.2. The number of rotatable bonds is 10. The number of aliphatic hydroxyl groups excluding tert-OH is 12. The number of aliphatic hydroxyl groups is 12. The fourth-order valence-corrected chi connectivity index (χ4v) is 15.6. The fourth-order valence-electron chi connectivity index (χ4n) is 15.6. The van der Waals surface area contributed by atoms with Crippen molar-refractivity contribution in [2.45, 2.75) is 240 Å². The SMILES string of the molecule is CC1COC2(OC3CC4C5CC=C6CC(OC7OC(CO)C(O)C(OC8OC(C)C(OC9OC(CO)C(O)C(O)C9O)C(O)C8O)C7OC7OC(C)C(O)C(O)C7O)CCC6(C)C5CCC4(C)C3C2C)C(O)C1. The quantitative estimate of drug-likeness (QED) is 0.106. The van der Waals surface area contributed by atoms with Crippen molar-refractivity contribution in [3.63, 3.8) is 0 Å². The van der Waals surface area contributed by atoms with Gasteiger partial charge >= 0.3 is 0 Å². The summed E-state index contributed by atoms with van der Waals surface area (Å²) >= 11 is 0. The molecular formula is C51H82O22. The molecule has 10 aliphatic rings. The maximum absolute atomic E-state index is 11.8. The molecule has 3 saturated carbocycles. The lowest BCUT2D eigenvalue weighted by molar-refractivity contribution is -0.398. The monoisotopic (exact) mass is 1050 g/mol. The van der Waals surface area contributed by atoms with Crippen molar-refractivity contribution in [1.82, 2.24) is 0 Å². The summed E-state index contributed by atoms with van der Waals surface area (Å²) in [7, 11) is 0. The molecule has 0 amide bonds. The summed E-state index contributed by atoms with van der Waals surface area (Å²) in [6, 6.07) is 0. The van der Waals surface area contributed by atoms with Crippen molar-refractivity contribution in [3.8, 4) is 0 Å². The van der Waals surface area contributed by atoms with Crippen LogP contribution < -0.4 is 0 Å². The maximum Gasteiger partial charge on any atom is 0.197 e. The average molecular weight is 1050 g/mol. The normalized spacial score (nSPS) is 58.2. The Labute approximate surface area is 425 Å². The highest BCUT2D eigenvalue weighted by Crippen LogP contribution is 2.71. The molecule has 1 spiro atoms. The van der Waals surface area contributed by atoms with E-state index >= 15 is 0 Å².